The largest absolute Gasteiger partial charge is 0.573 e. The smallest absolute Gasteiger partial charge is 0.481 e. The number of ether oxygens (including phenoxy) is 2. The van der Waals surface area contributed by atoms with Crippen molar-refractivity contribution >= 4 is 23.7 Å². The van der Waals surface area contributed by atoms with E-state index in [0.717, 1.165) is 17.0 Å². The molecule has 17 heteroatoms. The van der Waals surface area contributed by atoms with Gasteiger partial charge in [-0.2, -0.15) is 26.3 Å². The molecule has 0 radical (unpaired) electrons. The third-order valence-electron chi connectivity index (χ3n) is 8.49. The van der Waals surface area contributed by atoms with Crippen LogP contribution in [0.2, 0.25) is 0 Å². The van der Waals surface area contributed by atoms with Gasteiger partial charge in [-0.05, 0) is 93.0 Å². The third kappa shape index (κ3) is 8.64. The van der Waals surface area contributed by atoms with Crippen molar-refractivity contribution in [2.24, 2.45) is 11.8 Å². The van der Waals surface area contributed by atoms with E-state index < -0.39 is 83.7 Å². The number of carboxylic acids is 1. The van der Waals surface area contributed by atoms with Gasteiger partial charge in [0.25, 0.3) is 0 Å². The van der Waals surface area contributed by atoms with Crippen molar-refractivity contribution in [3.8, 4) is 5.75 Å². The Morgan fingerprint density at radius 1 is 0.938 bits per heavy atom. The Kier molecular flexibility index (Phi) is 10.5. The number of halogens is 9. The van der Waals surface area contributed by atoms with E-state index in [4.69, 9.17) is 9.84 Å². The first-order valence-corrected chi connectivity index (χ1v) is 14.9. The molecule has 1 saturated heterocycles. The topological polar surface area (TPSA) is 96.4 Å². The van der Waals surface area contributed by atoms with Gasteiger partial charge < -0.3 is 19.5 Å². The number of cyclic esters (lactones) is 1. The van der Waals surface area contributed by atoms with Gasteiger partial charge in [-0.15, -0.1) is 13.2 Å². The molecule has 48 heavy (non-hydrogen) atoms. The van der Waals surface area contributed by atoms with Crippen LogP contribution in [-0.2, 0) is 33.2 Å². The average Bonchev–Trinajstić information content (AvgIpc) is 3.25. The van der Waals surface area contributed by atoms with Gasteiger partial charge in [-0.25, -0.2) is 4.79 Å². The molecule has 2 aromatic rings. The third-order valence-corrected chi connectivity index (χ3v) is 8.49. The van der Waals surface area contributed by atoms with Gasteiger partial charge in [0, 0.05) is 24.6 Å². The van der Waals surface area contributed by atoms with Crippen LogP contribution in [0.3, 0.4) is 0 Å². The summed E-state index contributed by atoms with van der Waals surface area (Å²) in [6.07, 6.45) is -16.6. The number of carbonyl (C=O) groups excluding carboxylic acids is 2. The second-order valence-corrected chi connectivity index (χ2v) is 11.7. The SMILES string of the molecule is CCN(c1ccc(OC(F)(F)F)cc1CN1C(=O)O[C@H](c2cc(C(F)(F)F)cc(C(F)(F)F)c2)[C@@H]1C)C(=O)[C@H]1CC[C@H](CC(=O)O)CC1. The van der Waals surface area contributed by atoms with Crippen LogP contribution in [0.25, 0.3) is 0 Å². The summed E-state index contributed by atoms with van der Waals surface area (Å²) < 4.78 is 130. The van der Waals surface area contributed by atoms with E-state index in [9.17, 15) is 53.9 Å². The zero-order chi connectivity index (χ0) is 35.8. The predicted molar refractivity (Wildman–Crippen MR) is 150 cm³/mol. The number of rotatable bonds is 9. The molecule has 0 aromatic heterocycles. The van der Waals surface area contributed by atoms with E-state index in [1.165, 1.54) is 17.9 Å². The standard InChI is InChI=1S/C31H31F9N2O6/c1-3-41(27(45)18-6-4-17(5-7-18)10-25(43)44)24-9-8-23(48-31(38,39)40)13-20(24)15-42-16(2)26(47-28(42)46)19-11-21(29(32,33)34)14-22(12-19)30(35,36)37/h8-9,11-14,16-18,26H,3-7,10,15H2,1-2H3,(H,43,44)/t16-,17-,18-,26-/m0/s1. The van der Waals surface area contributed by atoms with E-state index in [-0.39, 0.29) is 36.2 Å². The first kappa shape index (κ1) is 36.7. The van der Waals surface area contributed by atoms with Gasteiger partial charge in [0.05, 0.1) is 23.7 Å². The number of hydrogen-bond donors (Lipinski definition) is 1. The highest BCUT2D eigenvalue weighted by Gasteiger charge is 2.44. The number of anilines is 1. The first-order valence-electron chi connectivity index (χ1n) is 14.9. The fourth-order valence-corrected chi connectivity index (χ4v) is 6.16. The molecule has 0 bridgehead atoms. The number of carboxylic acid groups (broad SMARTS) is 1. The van der Waals surface area contributed by atoms with E-state index in [1.54, 1.807) is 6.92 Å². The van der Waals surface area contributed by atoms with Gasteiger partial charge in [-0.3, -0.25) is 14.5 Å². The van der Waals surface area contributed by atoms with Crippen LogP contribution in [0.5, 0.6) is 5.75 Å². The highest BCUT2D eigenvalue weighted by molar-refractivity contribution is 5.96. The van der Waals surface area contributed by atoms with Crippen LogP contribution < -0.4 is 9.64 Å². The summed E-state index contributed by atoms with van der Waals surface area (Å²) in [6, 6.07) is 2.65. The van der Waals surface area contributed by atoms with Crippen molar-refractivity contribution in [3.63, 3.8) is 0 Å². The van der Waals surface area contributed by atoms with Gasteiger partial charge >= 0.3 is 30.8 Å². The van der Waals surface area contributed by atoms with Crippen LogP contribution in [0.1, 0.15) is 74.3 Å². The number of aliphatic carboxylic acids is 1. The normalized spacial score (nSPS) is 22.0. The van der Waals surface area contributed by atoms with E-state index in [1.807, 2.05) is 0 Å². The maximum absolute atomic E-state index is 13.7. The lowest BCUT2D eigenvalue weighted by Crippen LogP contribution is -2.39. The van der Waals surface area contributed by atoms with E-state index in [2.05, 4.69) is 4.74 Å². The lowest BCUT2D eigenvalue weighted by atomic mass is 9.80. The molecule has 8 nitrogen and oxygen atoms in total. The van der Waals surface area contributed by atoms with Gasteiger partial charge in [-0.1, -0.05) is 0 Å². The maximum Gasteiger partial charge on any atom is 0.573 e. The Morgan fingerprint density at radius 2 is 1.52 bits per heavy atom. The fourth-order valence-electron chi connectivity index (χ4n) is 6.16. The second kappa shape index (κ2) is 13.7. The van der Waals surface area contributed by atoms with Crippen LogP contribution in [0.4, 0.5) is 50.0 Å². The minimum absolute atomic E-state index is 0.0352. The molecule has 2 aliphatic rings. The molecular weight excluding hydrogens is 667 g/mol. The maximum atomic E-state index is 13.7. The molecule has 2 aromatic carbocycles. The Labute approximate surface area is 268 Å². The molecule has 1 heterocycles. The van der Waals surface area contributed by atoms with Crippen LogP contribution in [-0.4, -0.2) is 46.9 Å². The number of nitrogens with zero attached hydrogens (tertiary/aromatic N) is 2. The summed E-state index contributed by atoms with van der Waals surface area (Å²) in [4.78, 5) is 40.0. The molecule has 0 unspecified atom stereocenters. The molecule has 1 aliphatic carbocycles. The minimum atomic E-state index is -5.17. The van der Waals surface area contributed by atoms with Crippen molar-refractivity contribution < 1.29 is 68.5 Å². The van der Waals surface area contributed by atoms with Gasteiger partial charge in [0.15, 0.2) is 0 Å². The minimum Gasteiger partial charge on any atom is -0.481 e. The molecule has 4 rings (SSSR count). The van der Waals surface area contributed by atoms with E-state index in [0.29, 0.717) is 37.8 Å². The van der Waals surface area contributed by atoms with Crippen molar-refractivity contribution in [3.05, 3.63) is 58.7 Å². The van der Waals surface area contributed by atoms with Crippen molar-refractivity contribution in [2.75, 3.05) is 11.4 Å². The zero-order valence-electron chi connectivity index (χ0n) is 25.5. The number of amides is 2. The molecule has 1 saturated carbocycles. The molecule has 0 spiro atoms. The quantitative estimate of drug-likeness (QED) is 0.265. The lowest BCUT2D eigenvalue weighted by molar-refractivity contribution is -0.274. The molecule has 1 aliphatic heterocycles. The first-order chi connectivity index (χ1) is 22.2. The lowest BCUT2D eigenvalue weighted by Gasteiger charge is -2.33. The van der Waals surface area contributed by atoms with E-state index >= 15 is 0 Å². The summed E-state index contributed by atoms with van der Waals surface area (Å²) in [6.45, 7) is 2.37. The summed E-state index contributed by atoms with van der Waals surface area (Å²) in [5.74, 6) is -2.70. The Bertz CT molecular complexity index is 1490. The zero-order valence-corrected chi connectivity index (χ0v) is 25.5. The number of benzene rings is 2. The number of alkyl halides is 9. The highest BCUT2D eigenvalue weighted by Crippen LogP contribution is 2.42. The monoisotopic (exact) mass is 698 g/mol. The Hall–Kier alpha value is -4.18. The predicted octanol–water partition coefficient (Wildman–Crippen LogP) is 8.34. The Morgan fingerprint density at radius 3 is 2.02 bits per heavy atom. The molecular formula is C31H31F9N2O6. The second-order valence-electron chi connectivity index (χ2n) is 11.7. The summed E-state index contributed by atoms with van der Waals surface area (Å²) in [7, 11) is 0. The van der Waals surface area contributed by atoms with Gasteiger partial charge in [0.2, 0.25) is 5.91 Å². The molecule has 1 N–H and O–H groups in total. The Balaban J connectivity index is 1.67. The van der Waals surface area contributed by atoms with Crippen molar-refractivity contribution in [1.82, 2.24) is 4.90 Å². The number of hydrogen-bond acceptors (Lipinski definition) is 5. The number of carbonyl (C=O) groups is 3. The molecule has 2 fully saturated rings. The van der Waals surface area contributed by atoms with Crippen molar-refractivity contribution in [2.45, 2.75) is 83.4 Å². The van der Waals surface area contributed by atoms with Crippen LogP contribution in [0, 0.1) is 11.8 Å². The van der Waals surface area contributed by atoms with Crippen LogP contribution >= 0.6 is 0 Å². The van der Waals surface area contributed by atoms with Crippen molar-refractivity contribution in [1.29, 1.82) is 0 Å². The van der Waals surface area contributed by atoms with Gasteiger partial charge in [0.1, 0.15) is 11.9 Å². The summed E-state index contributed by atoms with van der Waals surface area (Å²) >= 11 is 0. The molecule has 2 amide bonds. The fraction of sp³-hybridized carbons (Fsp3) is 0.516. The molecule has 2 atom stereocenters. The summed E-state index contributed by atoms with van der Waals surface area (Å²) in [5.41, 5.74) is -3.80. The summed E-state index contributed by atoms with van der Waals surface area (Å²) in [5, 5.41) is 9.08. The molecule has 264 valence electrons. The highest BCUT2D eigenvalue weighted by atomic mass is 19.4. The van der Waals surface area contributed by atoms with Crippen LogP contribution in [0.15, 0.2) is 36.4 Å². The average molecular weight is 699 g/mol.